The van der Waals surface area contributed by atoms with Gasteiger partial charge in [-0.15, -0.1) is 0 Å². The molecule has 0 saturated heterocycles. The van der Waals surface area contributed by atoms with Crippen molar-refractivity contribution in [3.05, 3.63) is 29.3 Å². The molecule has 0 atom stereocenters. The number of carbonyl (C=O) groups is 1. The fourth-order valence-electron chi connectivity index (χ4n) is 1.33. The van der Waals surface area contributed by atoms with E-state index in [9.17, 15) is 18.0 Å². The maximum absolute atomic E-state index is 12.6. The van der Waals surface area contributed by atoms with E-state index in [2.05, 4.69) is 5.32 Å². The largest absolute Gasteiger partial charge is 0.416 e. The number of rotatable bonds is 3. The van der Waals surface area contributed by atoms with Crippen LogP contribution in [-0.2, 0) is 11.0 Å². The fourth-order valence-corrected chi connectivity index (χ4v) is 1.67. The predicted molar refractivity (Wildman–Crippen MR) is 63.2 cm³/mol. The van der Waals surface area contributed by atoms with E-state index in [1.54, 1.807) is 6.26 Å². The quantitative estimate of drug-likeness (QED) is 0.906. The zero-order valence-corrected chi connectivity index (χ0v) is 10.2. The van der Waals surface area contributed by atoms with Crippen LogP contribution in [0.4, 0.5) is 18.9 Å². The number of alkyl halides is 3. The van der Waals surface area contributed by atoms with Gasteiger partial charge >= 0.3 is 6.18 Å². The van der Waals surface area contributed by atoms with E-state index in [4.69, 9.17) is 0 Å². The first kappa shape index (κ1) is 13.9. The maximum Gasteiger partial charge on any atom is 0.416 e. The summed E-state index contributed by atoms with van der Waals surface area (Å²) in [5.41, 5.74) is -0.415. The van der Waals surface area contributed by atoms with E-state index in [0.717, 1.165) is 6.07 Å². The number of carbonyl (C=O) groups excluding carboxylic acids is 1. The molecule has 0 bridgehead atoms. The number of hydrogen-bond acceptors (Lipinski definition) is 2. The van der Waals surface area contributed by atoms with Gasteiger partial charge in [0.2, 0.25) is 5.91 Å². The highest BCUT2D eigenvalue weighted by Crippen LogP contribution is 2.33. The Labute approximate surface area is 102 Å². The Kier molecular flexibility index (Phi) is 4.45. The van der Waals surface area contributed by atoms with Crippen LogP contribution in [0.3, 0.4) is 0 Å². The molecular weight excluding hydrogens is 251 g/mol. The molecule has 2 nitrogen and oxygen atoms in total. The first-order valence-electron chi connectivity index (χ1n) is 4.81. The SMILES string of the molecule is CSCC(=O)Nc1ccc(C)c(C(F)(F)F)c1. The van der Waals surface area contributed by atoms with Crippen molar-refractivity contribution in [3.8, 4) is 0 Å². The average molecular weight is 263 g/mol. The van der Waals surface area contributed by atoms with Gasteiger partial charge in [0.15, 0.2) is 0 Å². The van der Waals surface area contributed by atoms with Gasteiger partial charge < -0.3 is 5.32 Å². The van der Waals surface area contributed by atoms with Crippen molar-refractivity contribution in [1.82, 2.24) is 0 Å². The number of nitrogens with one attached hydrogen (secondary N) is 1. The molecule has 0 unspecified atom stereocenters. The third-order valence-electron chi connectivity index (χ3n) is 2.10. The van der Waals surface area contributed by atoms with Gasteiger partial charge in [-0.1, -0.05) is 6.07 Å². The first-order chi connectivity index (χ1) is 7.84. The highest BCUT2D eigenvalue weighted by molar-refractivity contribution is 7.99. The smallest absolute Gasteiger partial charge is 0.325 e. The lowest BCUT2D eigenvalue weighted by Crippen LogP contribution is -2.15. The summed E-state index contributed by atoms with van der Waals surface area (Å²) in [6.07, 6.45) is -2.65. The molecule has 1 N–H and O–H groups in total. The second kappa shape index (κ2) is 5.44. The summed E-state index contributed by atoms with van der Waals surface area (Å²) < 4.78 is 37.8. The van der Waals surface area contributed by atoms with Crippen molar-refractivity contribution < 1.29 is 18.0 Å². The van der Waals surface area contributed by atoms with E-state index in [-0.39, 0.29) is 22.9 Å². The topological polar surface area (TPSA) is 29.1 Å². The van der Waals surface area contributed by atoms with Gasteiger partial charge in [0.25, 0.3) is 0 Å². The van der Waals surface area contributed by atoms with Gasteiger partial charge in [0.1, 0.15) is 0 Å². The number of anilines is 1. The second-order valence-corrected chi connectivity index (χ2v) is 4.37. The number of halogens is 3. The Hall–Kier alpha value is -1.17. The molecule has 1 aromatic rings. The molecule has 0 aliphatic heterocycles. The summed E-state index contributed by atoms with van der Waals surface area (Å²) in [7, 11) is 0. The Morgan fingerprint density at radius 3 is 2.59 bits per heavy atom. The minimum atomic E-state index is -4.40. The lowest BCUT2D eigenvalue weighted by Gasteiger charge is -2.12. The summed E-state index contributed by atoms with van der Waals surface area (Å²) in [6, 6.07) is 3.76. The Morgan fingerprint density at radius 1 is 1.41 bits per heavy atom. The molecule has 1 amide bonds. The Morgan fingerprint density at radius 2 is 2.06 bits per heavy atom. The fraction of sp³-hybridized carbons (Fsp3) is 0.364. The first-order valence-corrected chi connectivity index (χ1v) is 6.20. The summed E-state index contributed by atoms with van der Waals surface area (Å²) in [6.45, 7) is 1.39. The van der Waals surface area contributed by atoms with Crippen molar-refractivity contribution in [2.75, 3.05) is 17.3 Å². The Bertz CT molecular complexity index is 418. The van der Waals surface area contributed by atoms with Crippen LogP contribution in [0.5, 0.6) is 0 Å². The molecule has 1 rings (SSSR count). The van der Waals surface area contributed by atoms with Crippen LogP contribution in [-0.4, -0.2) is 17.9 Å². The van der Waals surface area contributed by atoms with E-state index >= 15 is 0 Å². The normalized spacial score (nSPS) is 11.4. The molecule has 0 fully saturated rings. The molecule has 0 heterocycles. The van der Waals surface area contributed by atoms with E-state index in [0.29, 0.717) is 0 Å². The Balaban J connectivity index is 2.93. The lowest BCUT2D eigenvalue weighted by molar-refractivity contribution is -0.138. The molecule has 0 radical (unpaired) electrons. The number of thioether (sulfide) groups is 1. The van der Waals surface area contributed by atoms with Crippen LogP contribution in [0.25, 0.3) is 0 Å². The molecular formula is C11H12F3NOS. The van der Waals surface area contributed by atoms with Gasteiger partial charge in [0, 0.05) is 5.69 Å². The standard InChI is InChI=1S/C11H12F3NOS/c1-7-3-4-8(15-10(16)6-17-2)5-9(7)11(12,13)14/h3-5H,6H2,1-2H3,(H,15,16). The predicted octanol–water partition coefficient (Wildman–Crippen LogP) is 3.32. The van der Waals surface area contributed by atoms with Crippen LogP contribution in [0, 0.1) is 6.92 Å². The highest BCUT2D eigenvalue weighted by Gasteiger charge is 2.32. The third kappa shape index (κ3) is 3.96. The molecule has 94 valence electrons. The van der Waals surface area contributed by atoms with Gasteiger partial charge in [-0.25, -0.2) is 0 Å². The van der Waals surface area contributed by atoms with Crippen LogP contribution in [0.2, 0.25) is 0 Å². The molecule has 0 aromatic heterocycles. The van der Waals surface area contributed by atoms with Gasteiger partial charge in [-0.2, -0.15) is 24.9 Å². The van der Waals surface area contributed by atoms with E-state index in [1.165, 1.54) is 30.8 Å². The molecule has 0 aliphatic carbocycles. The summed E-state index contributed by atoms with van der Waals surface area (Å²) >= 11 is 1.31. The van der Waals surface area contributed by atoms with Crippen LogP contribution in [0.1, 0.15) is 11.1 Å². The van der Waals surface area contributed by atoms with Gasteiger partial charge in [0.05, 0.1) is 11.3 Å². The van der Waals surface area contributed by atoms with Crippen molar-refractivity contribution >= 4 is 23.4 Å². The highest BCUT2D eigenvalue weighted by atomic mass is 32.2. The van der Waals surface area contributed by atoms with Crippen LogP contribution >= 0.6 is 11.8 Å². The molecule has 17 heavy (non-hydrogen) atoms. The molecule has 0 saturated carbocycles. The van der Waals surface area contributed by atoms with Crippen LogP contribution < -0.4 is 5.32 Å². The number of hydrogen-bond donors (Lipinski definition) is 1. The van der Waals surface area contributed by atoms with Crippen molar-refractivity contribution in [2.24, 2.45) is 0 Å². The molecule has 0 aliphatic rings. The molecule has 1 aromatic carbocycles. The minimum Gasteiger partial charge on any atom is -0.325 e. The van der Waals surface area contributed by atoms with Crippen molar-refractivity contribution in [1.29, 1.82) is 0 Å². The zero-order valence-electron chi connectivity index (χ0n) is 9.39. The maximum atomic E-state index is 12.6. The summed E-state index contributed by atoms with van der Waals surface area (Å²) in [5.74, 6) is -0.0932. The van der Waals surface area contributed by atoms with Gasteiger partial charge in [-0.3, -0.25) is 4.79 Å². The van der Waals surface area contributed by atoms with E-state index in [1.807, 2.05) is 0 Å². The van der Waals surface area contributed by atoms with E-state index < -0.39 is 11.7 Å². The molecule has 0 spiro atoms. The average Bonchev–Trinajstić information content (AvgIpc) is 2.19. The monoisotopic (exact) mass is 263 g/mol. The zero-order chi connectivity index (χ0) is 13.1. The number of benzene rings is 1. The number of amides is 1. The number of aryl methyl sites for hydroxylation is 1. The van der Waals surface area contributed by atoms with Crippen molar-refractivity contribution in [3.63, 3.8) is 0 Å². The van der Waals surface area contributed by atoms with Gasteiger partial charge in [-0.05, 0) is 30.9 Å². The lowest BCUT2D eigenvalue weighted by atomic mass is 10.1. The van der Waals surface area contributed by atoms with Crippen molar-refractivity contribution in [2.45, 2.75) is 13.1 Å². The minimum absolute atomic E-state index is 0.139. The van der Waals surface area contributed by atoms with Crippen LogP contribution in [0.15, 0.2) is 18.2 Å². The second-order valence-electron chi connectivity index (χ2n) is 3.51. The summed E-state index contributed by atoms with van der Waals surface area (Å²) in [5, 5.41) is 2.42. The summed E-state index contributed by atoms with van der Waals surface area (Å²) in [4.78, 5) is 11.2. The third-order valence-corrected chi connectivity index (χ3v) is 2.65. The molecule has 6 heteroatoms.